The molecule has 3 heterocycles. The molecule has 0 spiro atoms. The number of ether oxygens (including phenoxy) is 1. The number of nitrogens with zero attached hydrogens (tertiary/aromatic N) is 2. The Bertz CT molecular complexity index is 803. The van der Waals surface area contributed by atoms with Crippen LogP contribution in [0.5, 0.6) is 5.88 Å². The van der Waals surface area contributed by atoms with Gasteiger partial charge in [0.15, 0.2) is 0 Å². The molecule has 6 heteroatoms. The van der Waals surface area contributed by atoms with E-state index >= 15 is 0 Å². The highest BCUT2D eigenvalue weighted by atomic mass is 32.1. The first-order valence-corrected chi connectivity index (χ1v) is 7.92. The van der Waals surface area contributed by atoms with Crippen molar-refractivity contribution in [1.82, 2.24) is 15.3 Å². The minimum absolute atomic E-state index is 0.226. The summed E-state index contributed by atoms with van der Waals surface area (Å²) >= 11 is 1.62. The topological polar surface area (TPSA) is 64.1 Å². The molecule has 3 aromatic rings. The smallest absolute Gasteiger partial charge is 0.257 e. The minimum atomic E-state index is -0.226. The maximum atomic E-state index is 12.3. The molecule has 0 aromatic carbocycles. The van der Waals surface area contributed by atoms with E-state index in [1.807, 2.05) is 29.6 Å². The number of thiophene rings is 1. The van der Waals surface area contributed by atoms with Crippen molar-refractivity contribution in [3.8, 4) is 16.5 Å². The van der Waals surface area contributed by atoms with Gasteiger partial charge in [0.05, 0.1) is 17.7 Å². The summed E-state index contributed by atoms with van der Waals surface area (Å²) in [6.07, 6.45) is 3.34. The molecule has 23 heavy (non-hydrogen) atoms. The average molecular weight is 325 g/mol. The molecule has 1 amide bonds. The van der Waals surface area contributed by atoms with E-state index in [-0.39, 0.29) is 5.91 Å². The van der Waals surface area contributed by atoms with Crippen molar-refractivity contribution >= 4 is 17.2 Å². The van der Waals surface area contributed by atoms with Gasteiger partial charge < -0.3 is 10.1 Å². The fourth-order valence-corrected chi connectivity index (χ4v) is 2.97. The molecule has 0 aliphatic rings. The van der Waals surface area contributed by atoms with Crippen LogP contribution in [0.4, 0.5) is 0 Å². The molecule has 3 rings (SSSR count). The normalized spacial score (nSPS) is 10.3. The van der Waals surface area contributed by atoms with Crippen molar-refractivity contribution < 1.29 is 9.53 Å². The largest absolute Gasteiger partial charge is 0.480 e. The third-order valence-corrected chi connectivity index (χ3v) is 4.17. The summed E-state index contributed by atoms with van der Waals surface area (Å²) in [5.41, 5.74) is 2.27. The van der Waals surface area contributed by atoms with Gasteiger partial charge in [-0.15, -0.1) is 11.3 Å². The van der Waals surface area contributed by atoms with Gasteiger partial charge in [-0.25, -0.2) is 4.98 Å². The molecule has 0 atom stereocenters. The second-order valence-corrected chi connectivity index (χ2v) is 5.68. The van der Waals surface area contributed by atoms with E-state index in [1.165, 1.54) is 7.11 Å². The lowest BCUT2D eigenvalue weighted by Gasteiger charge is -2.10. The molecule has 0 radical (unpaired) electrons. The number of amides is 1. The molecular weight excluding hydrogens is 310 g/mol. The molecule has 0 saturated carbocycles. The van der Waals surface area contributed by atoms with Crippen molar-refractivity contribution in [2.45, 2.75) is 6.54 Å². The van der Waals surface area contributed by atoms with Gasteiger partial charge in [-0.3, -0.25) is 9.78 Å². The van der Waals surface area contributed by atoms with Gasteiger partial charge >= 0.3 is 0 Å². The molecule has 0 bridgehead atoms. The van der Waals surface area contributed by atoms with Gasteiger partial charge in [-0.2, -0.15) is 0 Å². The van der Waals surface area contributed by atoms with Crippen LogP contribution in [-0.4, -0.2) is 23.0 Å². The molecule has 0 saturated heterocycles. The van der Waals surface area contributed by atoms with Gasteiger partial charge in [0.25, 0.3) is 5.91 Å². The van der Waals surface area contributed by atoms with Gasteiger partial charge in [0.2, 0.25) is 5.88 Å². The van der Waals surface area contributed by atoms with Crippen LogP contribution in [0.15, 0.2) is 54.2 Å². The highest BCUT2D eigenvalue weighted by Gasteiger charge is 2.14. The Morgan fingerprint density at radius 1 is 1.17 bits per heavy atom. The molecule has 1 N–H and O–H groups in total. The molecule has 0 fully saturated rings. The van der Waals surface area contributed by atoms with Crippen LogP contribution < -0.4 is 10.1 Å². The van der Waals surface area contributed by atoms with Crippen molar-refractivity contribution in [3.05, 3.63) is 65.3 Å². The zero-order chi connectivity index (χ0) is 16.1. The Kier molecular flexibility index (Phi) is 4.63. The van der Waals surface area contributed by atoms with Gasteiger partial charge in [0, 0.05) is 18.9 Å². The maximum absolute atomic E-state index is 12.3. The highest BCUT2D eigenvalue weighted by molar-refractivity contribution is 7.13. The number of nitrogens with one attached hydrogen (secondary N) is 1. The lowest BCUT2D eigenvalue weighted by atomic mass is 10.1. The quantitative estimate of drug-likeness (QED) is 0.783. The first-order valence-electron chi connectivity index (χ1n) is 7.04. The van der Waals surface area contributed by atoms with Crippen LogP contribution in [0.3, 0.4) is 0 Å². The number of hydrogen-bond acceptors (Lipinski definition) is 5. The number of pyridine rings is 2. The summed E-state index contributed by atoms with van der Waals surface area (Å²) in [5.74, 6) is 0.0885. The molecule has 5 nitrogen and oxygen atoms in total. The minimum Gasteiger partial charge on any atom is -0.480 e. The van der Waals surface area contributed by atoms with E-state index in [0.29, 0.717) is 18.0 Å². The Morgan fingerprint density at radius 2 is 2.00 bits per heavy atom. The molecule has 0 aliphatic heterocycles. The Balaban J connectivity index is 1.78. The molecule has 3 aromatic heterocycles. The lowest BCUT2D eigenvalue weighted by molar-refractivity contribution is 0.0947. The lowest BCUT2D eigenvalue weighted by Crippen LogP contribution is -2.24. The zero-order valence-corrected chi connectivity index (χ0v) is 13.3. The predicted octanol–water partition coefficient (Wildman–Crippen LogP) is 3.14. The second kappa shape index (κ2) is 7.02. The third-order valence-electron chi connectivity index (χ3n) is 3.29. The zero-order valence-electron chi connectivity index (χ0n) is 12.5. The third kappa shape index (κ3) is 3.37. The van der Waals surface area contributed by atoms with Crippen LogP contribution in [0.1, 0.15) is 15.9 Å². The monoisotopic (exact) mass is 325 g/mol. The van der Waals surface area contributed by atoms with Crippen LogP contribution in [0.25, 0.3) is 10.6 Å². The number of carbonyl (C=O) groups excluding carboxylic acids is 1. The van der Waals surface area contributed by atoms with E-state index in [4.69, 9.17) is 4.74 Å². The summed E-state index contributed by atoms with van der Waals surface area (Å²) in [4.78, 5) is 21.9. The first kappa shape index (κ1) is 15.2. The fourth-order valence-electron chi connectivity index (χ4n) is 2.21. The first-order chi connectivity index (χ1) is 11.3. The van der Waals surface area contributed by atoms with E-state index in [9.17, 15) is 4.79 Å². The summed E-state index contributed by atoms with van der Waals surface area (Å²) in [5, 5.41) is 4.90. The SMILES string of the molecule is COc1ncccc1C(=O)NCc1cccnc1-c1cccs1. The van der Waals surface area contributed by atoms with Crippen LogP contribution in [0.2, 0.25) is 0 Å². The van der Waals surface area contributed by atoms with E-state index in [0.717, 1.165) is 16.1 Å². The van der Waals surface area contributed by atoms with Gasteiger partial charge in [0.1, 0.15) is 5.56 Å². The summed E-state index contributed by atoms with van der Waals surface area (Å²) in [6.45, 7) is 0.387. The van der Waals surface area contributed by atoms with Gasteiger partial charge in [-0.1, -0.05) is 12.1 Å². The second-order valence-electron chi connectivity index (χ2n) is 4.73. The number of methoxy groups -OCH3 is 1. The van der Waals surface area contributed by atoms with Crippen molar-refractivity contribution in [3.63, 3.8) is 0 Å². The highest BCUT2D eigenvalue weighted by Crippen LogP contribution is 2.25. The standard InChI is InChI=1S/C17H15N3O2S/c1-22-17-13(6-3-9-19-17)16(21)20-11-12-5-2-8-18-15(12)14-7-4-10-23-14/h2-10H,11H2,1H3,(H,20,21). The van der Waals surface area contributed by atoms with Crippen LogP contribution in [-0.2, 0) is 6.54 Å². The fraction of sp³-hybridized carbons (Fsp3) is 0.118. The summed E-state index contributed by atoms with van der Waals surface area (Å²) in [7, 11) is 1.50. The van der Waals surface area contributed by atoms with Crippen molar-refractivity contribution in [2.24, 2.45) is 0 Å². The van der Waals surface area contributed by atoms with Gasteiger partial charge in [-0.05, 0) is 35.2 Å². The molecule has 0 unspecified atom stereocenters. The van der Waals surface area contributed by atoms with Crippen molar-refractivity contribution in [2.75, 3.05) is 7.11 Å². The number of hydrogen-bond donors (Lipinski definition) is 1. The predicted molar refractivity (Wildman–Crippen MR) is 89.5 cm³/mol. The van der Waals surface area contributed by atoms with E-state index in [1.54, 1.807) is 35.9 Å². The van der Waals surface area contributed by atoms with Crippen molar-refractivity contribution in [1.29, 1.82) is 0 Å². The Morgan fingerprint density at radius 3 is 2.78 bits per heavy atom. The molecular formula is C17H15N3O2S. The number of aromatic nitrogens is 2. The van der Waals surface area contributed by atoms with Crippen LogP contribution >= 0.6 is 11.3 Å². The number of carbonyl (C=O) groups is 1. The van der Waals surface area contributed by atoms with Crippen LogP contribution in [0, 0.1) is 0 Å². The van der Waals surface area contributed by atoms with E-state index in [2.05, 4.69) is 15.3 Å². The Hall–Kier alpha value is -2.73. The molecule has 116 valence electrons. The maximum Gasteiger partial charge on any atom is 0.257 e. The summed E-state index contributed by atoms with van der Waals surface area (Å²) in [6, 6.07) is 11.2. The Labute approximate surface area is 138 Å². The number of rotatable bonds is 5. The molecule has 0 aliphatic carbocycles. The average Bonchev–Trinajstić information content (AvgIpc) is 3.14. The summed E-state index contributed by atoms with van der Waals surface area (Å²) < 4.78 is 5.12. The van der Waals surface area contributed by atoms with E-state index < -0.39 is 0 Å².